The van der Waals surface area contributed by atoms with Crippen LogP contribution in [0, 0.1) is 27.7 Å². The predicted molar refractivity (Wildman–Crippen MR) is 71.9 cm³/mol. The average molecular weight is 277 g/mol. The van der Waals surface area contributed by atoms with Gasteiger partial charge in [-0.15, -0.1) is 0 Å². The molecule has 7 heteroatoms. The Morgan fingerprint density at radius 3 is 2.47 bits per heavy atom. The molecule has 3 aromatic rings. The number of rotatable bonds is 1. The molecule has 0 amide bonds. The number of nitrogens with zero attached hydrogens (tertiary/aromatic N) is 6. The number of fused-ring (bicyclic) bond motifs is 1. The first-order valence-electron chi connectivity index (χ1n) is 5.89. The molecule has 0 spiro atoms. The number of hydrogen-bond acceptors (Lipinski definition) is 4. The smallest absolute Gasteiger partial charge is 0.219 e. The molecule has 0 saturated heterocycles. The maximum atomic E-state index is 6.17. The zero-order valence-corrected chi connectivity index (χ0v) is 11.9. The second kappa shape index (κ2) is 4.03. The zero-order valence-electron chi connectivity index (χ0n) is 11.1. The van der Waals surface area contributed by atoms with Crippen LogP contribution in [0.2, 0.25) is 5.15 Å². The van der Waals surface area contributed by atoms with Gasteiger partial charge < -0.3 is 0 Å². The van der Waals surface area contributed by atoms with Crippen LogP contribution in [0.4, 0.5) is 0 Å². The highest BCUT2D eigenvalue weighted by atomic mass is 35.5. The predicted octanol–water partition coefficient (Wildman–Crippen LogP) is 2.20. The molecule has 3 rings (SSSR count). The Hall–Kier alpha value is -1.95. The van der Waals surface area contributed by atoms with Gasteiger partial charge in [-0.1, -0.05) is 11.6 Å². The lowest BCUT2D eigenvalue weighted by atomic mass is 10.2. The van der Waals surface area contributed by atoms with E-state index in [1.54, 1.807) is 4.52 Å². The van der Waals surface area contributed by atoms with E-state index in [-0.39, 0.29) is 0 Å². The molecule has 19 heavy (non-hydrogen) atoms. The Morgan fingerprint density at radius 1 is 1.11 bits per heavy atom. The lowest BCUT2D eigenvalue weighted by Gasteiger charge is -2.10. The minimum Gasteiger partial charge on any atom is -0.219 e. The minimum absolute atomic E-state index is 0.417. The Balaban J connectivity index is 2.44. The second-order valence-corrected chi connectivity index (χ2v) is 4.89. The van der Waals surface area contributed by atoms with Gasteiger partial charge in [0.15, 0.2) is 5.82 Å². The van der Waals surface area contributed by atoms with Crippen molar-refractivity contribution in [2.45, 2.75) is 27.7 Å². The SMILES string of the molecule is Cc1nn(-c2c(C)c(Cl)nc3ncnn23)c(C)c1C. The summed E-state index contributed by atoms with van der Waals surface area (Å²) in [6.45, 7) is 7.95. The largest absolute Gasteiger partial charge is 0.255 e. The summed E-state index contributed by atoms with van der Waals surface area (Å²) in [5.41, 5.74) is 4.02. The van der Waals surface area contributed by atoms with Gasteiger partial charge in [0.05, 0.1) is 5.69 Å². The van der Waals surface area contributed by atoms with E-state index in [9.17, 15) is 0 Å². The van der Waals surface area contributed by atoms with Crippen molar-refractivity contribution in [2.75, 3.05) is 0 Å². The third kappa shape index (κ3) is 1.63. The van der Waals surface area contributed by atoms with Crippen LogP contribution < -0.4 is 0 Å². The van der Waals surface area contributed by atoms with E-state index in [0.29, 0.717) is 10.9 Å². The number of halogens is 1. The summed E-state index contributed by atoms with van der Waals surface area (Å²) in [4.78, 5) is 8.27. The molecular formula is C12H13ClN6. The lowest BCUT2D eigenvalue weighted by Crippen LogP contribution is -2.11. The minimum atomic E-state index is 0.417. The number of aryl methyl sites for hydroxylation is 1. The standard InChI is InChI=1S/C12H13ClN6/c1-6-8(3)17-18(9(6)4)11-7(2)10(13)16-12-14-5-15-19(11)12/h5H,1-4H3. The third-order valence-electron chi connectivity index (χ3n) is 3.43. The molecule has 0 aliphatic heterocycles. The average Bonchev–Trinajstić information content (AvgIpc) is 2.92. The molecule has 6 nitrogen and oxygen atoms in total. The molecule has 0 saturated carbocycles. The molecule has 0 atom stereocenters. The molecular weight excluding hydrogens is 264 g/mol. The summed E-state index contributed by atoms with van der Waals surface area (Å²) in [7, 11) is 0. The van der Waals surface area contributed by atoms with E-state index in [1.807, 2.05) is 32.4 Å². The fourth-order valence-corrected chi connectivity index (χ4v) is 2.22. The molecule has 0 aliphatic rings. The van der Waals surface area contributed by atoms with Crippen LogP contribution in [0.1, 0.15) is 22.5 Å². The quantitative estimate of drug-likeness (QED) is 0.639. The summed E-state index contributed by atoms with van der Waals surface area (Å²) in [5, 5.41) is 9.17. The van der Waals surface area contributed by atoms with Crippen molar-refractivity contribution >= 4 is 17.4 Å². The molecule has 0 N–H and O–H groups in total. The Labute approximate surface area is 115 Å². The van der Waals surface area contributed by atoms with Gasteiger partial charge in [-0.3, -0.25) is 0 Å². The normalized spacial score (nSPS) is 11.4. The first kappa shape index (κ1) is 12.1. The van der Waals surface area contributed by atoms with Crippen molar-refractivity contribution in [1.82, 2.24) is 29.4 Å². The van der Waals surface area contributed by atoms with Crippen LogP contribution in [0.3, 0.4) is 0 Å². The van der Waals surface area contributed by atoms with Crippen molar-refractivity contribution in [3.05, 3.63) is 34.0 Å². The molecule has 0 fully saturated rings. The van der Waals surface area contributed by atoms with Gasteiger partial charge >= 0.3 is 0 Å². The summed E-state index contributed by atoms with van der Waals surface area (Å²) in [6, 6.07) is 0. The van der Waals surface area contributed by atoms with Crippen LogP contribution >= 0.6 is 11.6 Å². The highest BCUT2D eigenvalue weighted by Gasteiger charge is 2.18. The van der Waals surface area contributed by atoms with Gasteiger partial charge in [0.2, 0.25) is 0 Å². The Bertz CT molecular complexity index is 785. The number of hydrogen-bond donors (Lipinski definition) is 0. The van der Waals surface area contributed by atoms with Crippen LogP contribution in [-0.2, 0) is 0 Å². The summed E-state index contributed by atoms with van der Waals surface area (Å²) in [5.74, 6) is 1.25. The van der Waals surface area contributed by atoms with Crippen LogP contribution in [0.15, 0.2) is 6.33 Å². The topological polar surface area (TPSA) is 60.9 Å². The second-order valence-electron chi connectivity index (χ2n) is 4.53. The molecule has 98 valence electrons. The highest BCUT2D eigenvalue weighted by molar-refractivity contribution is 6.30. The first-order chi connectivity index (χ1) is 9.00. The van der Waals surface area contributed by atoms with Crippen LogP contribution in [-0.4, -0.2) is 29.4 Å². The van der Waals surface area contributed by atoms with E-state index in [4.69, 9.17) is 11.6 Å². The van der Waals surface area contributed by atoms with Gasteiger partial charge in [-0.2, -0.15) is 24.7 Å². The highest BCUT2D eigenvalue weighted by Crippen LogP contribution is 2.23. The first-order valence-corrected chi connectivity index (χ1v) is 6.27. The molecule has 0 radical (unpaired) electrons. The van der Waals surface area contributed by atoms with Crippen molar-refractivity contribution in [1.29, 1.82) is 0 Å². The van der Waals surface area contributed by atoms with E-state index >= 15 is 0 Å². The van der Waals surface area contributed by atoms with Crippen molar-refractivity contribution in [3.63, 3.8) is 0 Å². The van der Waals surface area contributed by atoms with E-state index < -0.39 is 0 Å². The fourth-order valence-electron chi connectivity index (χ4n) is 2.06. The van der Waals surface area contributed by atoms with E-state index in [0.717, 1.165) is 28.3 Å². The number of aromatic nitrogens is 6. The van der Waals surface area contributed by atoms with Gasteiger partial charge in [-0.05, 0) is 33.3 Å². The maximum Gasteiger partial charge on any atom is 0.255 e. The van der Waals surface area contributed by atoms with Gasteiger partial charge in [-0.25, -0.2) is 4.68 Å². The van der Waals surface area contributed by atoms with Crippen molar-refractivity contribution in [3.8, 4) is 5.82 Å². The summed E-state index contributed by atoms with van der Waals surface area (Å²) >= 11 is 6.17. The van der Waals surface area contributed by atoms with Crippen LogP contribution in [0.25, 0.3) is 11.6 Å². The molecule has 0 bridgehead atoms. The van der Waals surface area contributed by atoms with Crippen molar-refractivity contribution in [2.24, 2.45) is 0 Å². The van der Waals surface area contributed by atoms with Crippen molar-refractivity contribution < 1.29 is 0 Å². The fraction of sp³-hybridized carbons (Fsp3) is 0.333. The Kier molecular flexibility index (Phi) is 2.56. The Morgan fingerprint density at radius 2 is 1.84 bits per heavy atom. The molecule has 0 aliphatic carbocycles. The monoisotopic (exact) mass is 276 g/mol. The third-order valence-corrected chi connectivity index (χ3v) is 3.80. The van der Waals surface area contributed by atoms with E-state index in [1.165, 1.54) is 6.33 Å². The van der Waals surface area contributed by atoms with Gasteiger partial charge in [0.25, 0.3) is 5.78 Å². The van der Waals surface area contributed by atoms with Gasteiger partial charge in [0, 0.05) is 11.3 Å². The van der Waals surface area contributed by atoms with Gasteiger partial charge in [0.1, 0.15) is 11.5 Å². The zero-order chi connectivity index (χ0) is 13.7. The summed E-state index contributed by atoms with van der Waals surface area (Å²) in [6.07, 6.45) is 1.46. The lowest BCUT2D eigenvalue weighted by molar-refractivity contribution is 0.747. The molecule has 3 heterocycles. The maximum absolute atomic E-state index is 6.17. The summed E-state index contributed by atoms with van der Waals surface area (Å²) < 4.78 is 3.50. The van der Waals surface area contributed by atoms with E-state index in [2.05, 4.69) is 20.2 Å². The molecule has 0 aromatic carbocycles. The molecule has 3 aromatic heterocycles. The van der Waals surface area contributed by atoms with Crippen LogP contribution in [0.5, 0.6) is 0 Å². The molecule has 0 unspecified atom stereocenters.